The van der Waals surface area contributed by atoms with E-state index in [1.807, 2.05) is 30.3 Å². The Labute approximate surface area is 124 Å². The van der Waals surface area contributed by atoms with Gasteiger partial charge in [-0.15, -0.1) is 0 Å². The van der Waals surface area contributed by atoms with E-state index >= 15 is 0 Å². The molecule has 106 valence electrons. The third kappa shape index (κ3) is 2.90. The van der Waals surface area contributed by atoms with Crippen molar-refractivity contribution in [1.82, 2.24) is 0 Å². The lowest BCUT2D eigenvalue weighted by Gasteiger charge is -2.07. The summed E-state index contributed by atoms with van der Waals surface area (Å²) in [6.07, 6.45) is 0. The van der Waals surface area contributed by atoms with Crippen LogP contribution in [0.4, 0.5) is 5.69 Å². The fourth-order valence-corrected chi connectivity index (χ4v) is 3.71. The van der Waals surface area contributed by atoms with Gasteiger partial charge >= 0.3 is 0 Å². The number of rotatable bonds is 3. The van der Waals surface area contributed by atoms with Crippen LogP contribution < -0.4 is 5.73 Å². The van der Waals surface area contributed by atoms with E-state index in [4.69, 9.17) is 5.73 Å². The van der Waals surface area contributed by atoms with Crippen LogP contribution in [-0.2, 0) is 15.6 Å². The first-order valence-electron chi connectivity index (χ1n) is 6.61. The summed E-state index contributed by atoms with van der Waals surface area (Å²) in [6, 6.07) is 19.9. The van der Waals surface area contributed by atoms with Crippen LogP contribution in [0.15, 0.2) is 71.6 Å². The van der Waals surface area contributed by atoms with Crippen LogP contribution in [-0.4, -0.2) is 8.42 Å². The minimum absolute atomic E-state index is 0.0453. The van der Waals surface area contributed by atoms with Crippen LogP contribution in [0.3, 0.4) is 0 Å². The summed E-state index contributed by atoms with van der Waals surface area (Å²) in [4.78, 5) is 0.337. The molecule has 3 rings (SSSR count). The van der Waals surface area contributed by atoms with Crippen molar-refractivity contribution in [2.75, 3.05) is 5.73 Å². The van der Waals surface area contributed by atoms with Gasteiger partial charge in [0.2, 0.25) is 0 Å². The van der Waals surface area contributed by atoms with Gasteiger partial charge in [0.05, 0.1) is 10.6 Å². The van der Waals surface area contributed by atoms with Crippen molar-refractivity contribution < 1.29 is 8.42 Å². The molecule has 3 nitrogen and oxygen atoms in total. The Morgan fingerprint density at radius 2 is 1.57 bits per heavy atom. The van der Waals surface area contributed by atoms with Gasteiger partial charge in [0.1, 0.15) is 0 Å². The van der Waals surface area contributed by atoms with Gasteiger partial charge < -0.3 is 5.73 Å². The highest BCUT2D eigenvalue weighted by Crippen LogP contribution is 2.22. The van der Waals surface area contributed by atoms with Crippen LogP contribution in [0.1, 0.15) is 5.56 Å². The van der Waals surface area contributed by atoms with Crippen molar-refractivity contribution in [3.63, 3.8) is 0 Å². The SMILES string of the molecule is Nc1cccc(CS(=O)(=O)c2ccc3ccccc3c2)c1. The van der Waals surface area contributed by atoms with Gasteiger partial charge in [-0.1, -0.05) is 42.5 Å². The number of benzene rings is 3. The topological polar surface area (TPSA) is 60.2 Å². The molecule has 0 aliphatic carbocycles. The molecule has 3 aromatic carbocycles. The van der Waals surface area contributed by atoms with Crippen LogP contribution in [0.2, 0.25) is 0 Å². The summed E-state index contributed by atoms with van der Waals surface area (Å²) >= 11 is 0. The minimum atomic E-state index is -3.38. The van der Waals surface area contributed by atoms with Crippen molar-refractivity contribution in [2.24, 2.45) is 0 Å². The molecule has 0 unspecified atom stereocenters. The normalized spacial score (nSPS) is 11.6. The molecule has 0 spiro atoms. The molecule has 0 atom stereocenters. The average molecular weight is 297 g/mol. The highest BCUT2D eigenvalue weighted by atomic mass is 32.2. The number of nitrogen functional groups attached to an aromatic ring is 1. The highest BCUT2D eigenvalue weighted by molar-refractivity contribution is 7.90. The van der Waals surface area contributed by atoms with E-state index in [0.717, 1.165) is 10.8 Å². The molecule has 0 aromatic heterocycles. The van der Waals surface area contributed by atoms with Gasteiger partial charge in [-0.25, -0.2) is 8.42 Å². The van der Waals surface area contributed by atoms with E-state index in [1.54, 1.807) is 36.4 Å². The predicted molar refractivity (Wildman–Crippen MR) is 85.7 cm³/mol. The van der Waals surface area contributed by atoms with Crippen molar-refractivity contribution in [2.45, 2.75) is 10.6 Å². The van der Waals surface area contributed by atoms with Gasteiger partial charge in [0, 0.05) is 5.69 Å². The second-order valence-corrected chi connectivity index (χ2v) is 7.00. The molecule has 21 heavy (non-hydrogen) atoms. The summed E-state index contributed by atoms with van der Waals surface area (Å²) < 4.78 is 25.0. The third-order valence-electron chi connectivity index (χ3n) is 3.39. The van der Waals surface area contributed by atoms with E-state index in [0.29, 0.717) is 16.1 Å². The standard InChI is InChI=1S/C17H15NO2S/c18-16-7-3-4-13(10-16)12-21(19,20)17-9-8-14-5-1-2-6-15(14)11-17/h1-11H,12,18H2. The lowest BCUT2D eigenvalue weighted by molar-refractivity contribution is 0.595. The molecule has 0 aliphatic rings. The molecule has 4 heteroatoms. The van der Waals surface area contributed by atoms with Crippen LogP contribution >= 0.6 is 0 Å². The largest absolute Gasteiger partial charge is 0.399 e. The summed E-state index contributed by atoms with van der Waals surface area (Å²) in [5.74, 6) is -0.0453. The number of hydrogen-bond donors (Lipinski definition) is 1. The number of anilines is 1. The first-order valence-corrected chi connectivity index (χ1v) is 8.26. The van der Waals surface area contributed by atoms with Gasteiger partial charge in [0.25, 0.3) is 0 Å². The zero-order chi connectivity index (χ0) is 14.9. The Hall–Kier alpha value is -2.33. The molecule has 0 fully saturated rings. The summed E-state index contributed by atoms with van der Waals surface area (Å²) in [5, 5.41) is 1.95. The quantitative estimate of drug-likeness (QED) is 0.754. The molecule has 0 bridgehead atoms. The van der Waals surface area contributed by atoms with Crippen molar-refractivity contribution in [1.29, 1.82) is 0 Å². The lowest BCUT2D eigenvalue weighted by Crippen LogP contribution is -2.05. The molecular formula is C17H15NO2S. The van der Waals surface area contributed by atoms with Gasteiger partial charge in [-0.2, -0.15) is 0 Å². The van der Waals surface area contributed by atoms with Crippen molar-refractivity contribution >= 4 is 26.3 Å². The van der Waals surface area contributed by atoms with Crippen LogP contribution in [0.5, 0.6) is 0 Å². The maximum absolute atomic E-state index is 12.5. The molecule has 0 radical (unpaired) electrons. The van der Waals surface area contributed by atoms with E-state index in [2.05, 4.69) is 0 Å². The van der Waals surface area contributed by atoms with Gasteiger partial charge in [-0.3, -0.25) is 0 Å². The second-order valence-electron chi connectivity index (χ2n) is 5.01. The maximum atomic E-state index is 12.5. The van der Waals surface area contributed by atoms with Crippen molar-refractivity contribution in [3.05, 3.63) is 72.3 Å². The third-order valence-corrected chi connectivity index (χ3v) is 5.07. The Balaban J connectivity index is 2.00. The molecule has 0 saturated heterocycles. The number of fused-ring (bicyclic) bond motifs is 1. The maximum Gasteiger partial charge on any atom is 0.182 e. The second kappa shape index (κ2) is 5.22. The zero-order valence-corrected chi connectivity index (χ0v) is 12.2. The van der Waals surface area contributed by atoms with E-state index in [-0.39, 0.29) is 5.75 Å². The molecule has 3 aromatic rings. The zero-order valence-electron chi connectivity index (χ0n) is 11.4. The Morgan fingerprint density at radius 1 is 0.810 bits per heavy atom. The lowest BCUT2D eigenvalue weighted by atomic mass is 10.1. The summed E-state index contributed by atoms with van der Waals surface area (Å²) in [5.41, 5.74) is 6.96. The molecule has 2 N–H and O–H groups in total. The van der Waals surface area contributed by atoms with Gasteiger partial charge in [-0.05, 0) is 40.6 Å². The Bertz CT molecular complexity index is 901. The number of hydrogen-bond acceptors (Lipinski definition) is 3. The fourth-order valence-electron chi connectivity index (χ4n) is 2.35. The van der Waals surface area contributed by atoms with E-state index < -0.39 is 9.84 Å². The molecule has 0 saturated carbocycles. The highest BCUT2D eigenvalue weighted by Gasteiger charge is 2.15. The van der Waals surface area contributed by atoms with E-state index in [1.165, 1.54) is 0 Å². The Kier molecular flexibility index (Phi) is 3.39. The average Bonchev–Trinajstić information content (AvgIpc) is 2.46. The smallest absolute Gasteiger partial charge is 0.182 e. The first kappa shape index (κ1) is 13.6. The number of sulfone groups is 1. The first-order chi connectivity index (χ1) is 10.0. The van der Waals surface area contributed by atoms with Crippen LogP contribution in [0, 0.1) is 0 Å². The van der Waals surface area contributed by atoms with E-state index in [9.17, 15) is 8.42 Å². The Morgan fingerprint density at radius 3 is 2.33 bits per heavy atom. The van der Waals surface area contributed by atoms with Crippen LogP contribution in [0.25, 0.3) is 10.8 Å². The molecule has 0 amide bonds. The van der Waals surface area contributed by atoms with Gasteiger partial charge in [0.15, 0.2) is 9.84 Å². The minimum Gasteiger partial charge on any atom is -0.399 e. The monoisotopic (exact) mass is 297 g/mol. The summed E-state index contributed by atoms with van der Waals surface area (Å²) in [7, 11) is -3.38. The van der Waals surface area contributed by atoms with Crippen molar-refractivity contribution in [3.8, 4) is 0 Å². The fraction of sp³-hybridized carbons (Fsp3) is 0.0588. The summed E-state index contributed by atoms with van der Waals surface area (Å²) in [6.45, 7) is 0. The predicted octanol–water partition coefficient (Wildman–Crippen LogP) is 3.40. The number of nitrogens with two attached hydrogens (primary N) is 1. The molecule has 0 heterocycles. The molecule has 0 aliphatic heterocycles. The molecular weight excluding hydrogens is 282 g/mol.